The van der Waals surface area contributed by atoms with E-state index >= 15 is 0 Å². The van der Waals surface area contributed by atoms with Gasteiger partial charge in [0.2, 0.25) is 10.0 Å². The molecule has 0 amide bonds. The first kappa shape index (κ1) is 16.0. The van der Waals surface area contributed by atoms with Crippen molar-refractivity contribution in [1.82, 2.24) is 4.31 Å². The Morgan fingerprint density at radius 2 is 1.82 bits per heavy atom. The molecule has 1 fully saturated rings. The summed E-state index contributed by atoms with van der Waals surface area (Å²) in [7, 11) is -3.15. The molecule has 2 aliphatic heterocycles. The molecule has 1 aromatic rings. The highest BCUT2D eigenvalue weighted by atomic mass is 32.2. The number of nitrogens with zero attached hydrogens (tertiary/aromatic N) is 1. The molecule has 2 aliphatic rings. The number of hydrogen-bond donors (Lipinski definition) is 0. The van der Waals surface area contributed by atoms with Crippen LogP contribution in [0.15, 0.2) is 24.3 Å². The fourth-order valence-electron chi connectivity index (χ4n) is 3.41. The monoisotopic (exact) mass is 323 g/mol. The molecular formula is C17H25NO3S. The summed E-state index contributed by atoms with van der Waals surface area (Å²) in [5, 5.41) is 0. The van der Waals surface area contributed by atoms with Crippen LogP contribution in [-0.2, 0) is 27.6 Å². The van der Waals surface area contributed by atoms with Crippen molar-refractivity contribution < 1.29 is 13.2 Å². The van der Waals surface area contributed by atoms with Gasteiger partial charge in [0.25, 0.3) is 0 Å². The van der Waals surface area contributed by atoms with Gasteiger partial charge in [-0.1, -0.05) is 24.3 Å². The molecule has 4 nitrogen and oxygen atoms in total. The Bertz CT molecular complexity index is 567. The minimum Gasteiger partial charge on any atom is -0.381 e. The smallest absolute Gasteiger partial charge is 0.214 e. The van der Waals surface area contributed by atoms with Gasteiger partial charge in [0.15, 0.2) is 0 Å². The minimum atomic E-state index is -3.15. The second-order valence-electron chi connectivity index (χ2n) is 6.36. The van der Waals surface area contributed by atoms with E-state index in [-0.39, 0.29) is 5.75 Å². The van der Waals surface area contributed by atoms with Gasteiger partial charge in [-0.05, 0) is 49.1 Å². The van der Waals surface area contributed by atoms with Gasteiger partial charge in [-0.15, -0.1) is 0 Å². The number of hydrogen-bond acceptors (Lipinski definition) is 3. The summed E-state index contributed by atoms with van der Waals surface area (Å²) in [5.41, 5.74) is 2.58. The average molecular weight is 323 g/mol. The van der Waals surface area contributed by atoms with Crippen LogP contribution in [0.25, 0.3) is 0 Å². The van der Waals surface area contributed by atoms with Crippen LogP contribution < -0.4 is 0 Å². The highest BCUT2D eigenvalue weighted by Crippen LogP contribution is 2.21. The van der Waals surface area contributed by atoms with Crippen molar-refractivity contribution in [3.05, 3.63) is 35.4 Å². The lowest BCUT2D eigenvalue weighted by molar-refractivity contribution is 0.0537. The van der Waals surface area contributed by atoms with Crippen molar-refractivity contribution in [3.8, 4) is 0 Å². The van der Waals surface area contributed by atoms with Crippen LogP contribution in [-0.4, -0.2) is 44.8 Å². The quantitative estimate of drug-likeness (QED) is 0.854. The summed E-state index contributed by atoms with van der Waals surface area (Å²) in [6.07, 6.45) is 4.53. The standard InChI is InChI=1S/C17H25NO3S/c19-22(20,13-9-15-4-3-12-21-14-15)18-10-7-16-5-1-2-6-17(16)8-11-18/h1-2,5-6,15H,3-4,7-14H2. The Morgan fingerprint density at radius 3 is 2.41 bits per heavy atom. The molecule has 0 radical (unpaired) electrons. The van der Waals surface area contributed by atoms with Gasteiger partial charge in [0.05, 0.1) is 5.75 Å². The molecule has 0 aliphatic carbocycles. The molecule has 1 unspecified atom stereocenters. The van der Waals surface area contributed by atoms with E-state index in [1.807, 2.05) is 12.1 Å². The second kappa shape index (κ2) is 7.11. The molecule has 0 N–H and O–H groups in total. The van der Waals surface area contributed by atoms with E-state index < -0.39 is 10.0 Å². The molecule has 0 spiro atoms. The molecule has 3 rings (SSSR count). The van der Waals surface area contributed by atoms with Gasteiger partial charge >= 0.3 is 0 Å². The first-order chi connectivity index (χ1) is 10.6. The summed E-state index contributed by atoms with van der Waals surface area (Å²) in [6, 6.07) is 8.30. The predicted octanol–water partition coefficient (Wildman–Crippen LogP) is 2.23. The van der Waals surface area contributed by atoms with Crippen LogP contribution in [0.4, 0.5) is 0 Å². The Balaban J connectivity index is 1.58. The number of benzene rings is 1. The van der Waals surface area contributed by atoms with E-state index in [0.717, 1.165) is 45.3 Å². The number of fused-ring (bicyclic) bond motifs is 1. The van der Waals surface area contributed by atoms with E-state index in [1.165, 1.54) is 11.1 Å². The van der Waals surface area contributed by atoms with Gasteiger partial charge < -0.3 is 4.74 Å². The lowest BCUT2D eigenvalue weighted by atomic mass is 10.00. The Labute approximate surface area is 133 Å². The third kappa shape index (κ3) is 3.89. The van der Waals surface area contributed by atoms with E-state index in [0.29, 0.717) is 19.0 Å². The maximum atomic E-state index is 12.6. The van der Waals surface area contributed by atoms with E-state index in [1.54, 1.807) is 4.31 Å². The first-order valence-corrected chi connectivity index (χ1v) is 9.88. The van der Waals surface area contributed by atoms with Crippen LogP contribution in [0, 0.1) is 5.92 Å². The zero-order valence-electron chi connectivity index (χ0n) is 13.0. The summed E-state index contributed by atoms with van der Waals surface area (Å²) >= 11 is 0. The molecule has 0 aromatic heterocycles. The third-order valence-electron chi connectivity index (χ3n) is 4.81. The molecular weight excluding hydrogens is 298 g/mol. The lowest BCUT2D eigenvalue weighted by Crippen LogP contribution is -2.36. The van der Waals surface area contributed by atoms with Crippen LogP contribution >= 0.6 is 0 Å². The maximum absolute atomic E-state index is 12.6. The highest BCUT2D eigenvalue weighted by molar-refractivity contribution is 7.89. The van der Waals surface area contributed by atoms with E-state index in [2.05, 4.69) is 12.1 Å². The van der Waals surface area contributed by atoms with Gasteiger partial charge in [-0.3, -0.25) is 0 Å². The first-order valence-electron chi connectivity index (χ1n) is 8.27. The lowest BCUT2D eigenvalue weighted by Gasteiger charge is -2.24. The number of ether oxygens (including phenoxy) is 1. The number of rotatable bonds is 4. The molecule has 0 bridgehead atoms. The van der Waals surface area contributed by atoms with Crippen LogP contribution in [0.3, 0.4) is 0 Å². The second-order valence-corrected chi connectivity index (χ2v) is 8.44. The molecule has 122 valence electrons. The normalized spacial score (nSPS) is 23.7. The average Bonchev–Trinajstić information content (AvgIpc) is 2.77. The Morgan fingerprint density at radius 1 is 1.14 bits per heavy atom. The highest BCUT2D eigenvalue weighted by Gasteiger charge is 2.26. The summed E-state index contributed by atoms with van der Waals surface area (Å²) in [6.45, 7) is 2.77. The topological polar surface area (TPSA) is 46.6 Å². The minimum absolute atomic E-state index is 0.261. The fraction of sp³-hybridized carbons (Fsp3) is 0.647. The molecule has 1 aromatic carbocycles. The van der Waals surface area contributed by atoms with Gasteiger partial charge in [0, 0.05) is 26.3 Å². The van der Waals surface area contributed by atoms with Gasteiger partial charge in [0.1, 0.15) is 0 Å². The van der Waals surface area contributed by atoms with Crippen molar-refractivity contribution in [2.75, 3.05) is 32.1 Å². The predicted molar refractivity (Wildman–Crippen MR) is 87.4 cm³/mol. The SMILES string of the molecule is O=S(=O)(CCC1CCCOC1)N1CCc2ccccc2CC1. The van der Waals surface area contributed by atoms with E-state index in [4.69, 9.17) is 4.74 Å². The van der Waals surface area contributed by atoms with Crippen LogP contribution in [0.5, 0.6) is 0 Å². The molecule has 1 atom stereocenters. The maximum Gasteiger partial charge on any atom is 0.214 e. The van der Waals surface area contributed by atoms with Crippen LogP contribution in [0.1, 0.15) is 30.4 Å². The van der Waals surface area contributed by atoms with Crippen LogP contribution in [0.2, 0.25) is 0 Å². The van der Waals surface area contributed by atoms with Crippen molar-refractivity contribution in [2.24, 2.45) is 5.92 Å². The fourth-order valence-corrected chi connectivity index (χ4v) is 5.03. The summed E-state index contributed by atoms with van der Waals surface area (Å²) < 4.78 is 32.4. The number of sulfonamides is 1. The molecule has 22 heavy (non-hydrogen) atoms. The van der Waals surface area contributed by atoms with Crippen molar-refractivity contribution >= 4 is 10.0 Å². The van der Waals surface area contributed by atoms with Gasteiger partial charge in [-0.2, -0.15) is 0 Å². The zero-order valence-corrected chi connectivity index (χ0v) is 13.9. The Kier molecular flexibility index (Phi) is 5.16. The zero-order chi connectivity index (χ0) is 15.4. The summed E-state index contributed by atoms with van der Waals surface area (Å²) in [4.78, 5) is 0. The molecule has 1 saturated heterocycles. The van der Waals surface area contributed by atoms with Crippen molar-refractivity contribution in [1.29, 1.82) is 0 Å². The summed E-state index contributed by atoms with van der Waals surface area (Å²) in [5.74, 6) is 0.671. The molecule has 2 heterocycles. The Hall–Kier alpha value is -0.910. The largest absolute Gasteiger partial charge is 0.381 e. The van der Waals surface area contributed by atoms with Gasteiger partial charge in [-0.25, -0.2) is 12.7 Å². The van der Waals surface area contributed by atoms with E-state index in [9.17, 15) is 8.42 Å². The third-order valence-corrected chi connectivity index (χ3v) is 6.72. The van der Waals surface area contributed by atoms with Crippen molar-refractivity contribution in [2.45, 2.75) is 32.1 Å². The molecule has 5 heteroatoms. The molecule has 0 saturated carbocycles. The van der Waals surface area contributed by atoms with Crippen molar-refractivity contribution in [3.63, 3.8) is 0 Å².